The minimum Gasteiger partial charge on any atom is -0.344 e. The fourth-order valence-electron chi connectivity index (χ4n) is 7.44. The molecule has 2 heteroatoms. The molecule has 0 atom stereocenters. The zero-order valence-electron chi connectivity index (χ0n) is 25.1. The van der Waals surface area contributed by atoms with Gasteiger partial charge in [-0.1, -0.05) is 95.1 Å². The van der Waals surface area contributed by atoms with E-state index in [1.807, 2.05) is 0 Å². The number of aryl methyl sites for hydroxylation is 4. The van der Waals surface area contributed by atoms with Crippen LogP contribution in [0.15, 0.2) is 97.1 Å². The minimum absolute atomic E-state index is 1.25. The van der Waals surface area contributed by atoms with Crippen LogP contribution in [-0.2, 0) is 0 Å². The molecule has 204 valence electrons. The first-order chi connectivity index (χ1) is 20.3. The molecule has 42 heavy (non-hydrogen) atoms. The summed E-state index contributed by atoms with van der Waals surface area (Å²) in [7, 11) is 4.43. The van der Waals surface area contributed by atoms with Crippen molar-refractivity contribution in [2.24, 2.45) is 0 Å². The Morgan fingerprint density at radius 3 is 1.07 bits per heavy atom. The van der Waals surface area contributed by atoms with Crippen LogP contribution in [0.25, 0.3) is 55.3 Å². The van der Waals surface area contributed by atoms with Crippen molar-refractivity contribution in [3.63, 3.8) is 0 Å². The van der Waals surface area contributed by atoms with Crippen molar-refractivity contribution in [1.82, 2.24) is 0 Å². The average Bonchev–Trinajstić information content (AvgIpc) is 2.97. The smallest absolute Gasteiger partial charge is 0.0496 e. The molecule has 0 bridgehead atoms. The first-order valence-electron chi connectivity index (χ1n) is 14.8. The largest absolute Gasteiger partial charge is 0.344 e. The third kappa shape index (κ3) is 3.58. The van der Waals surface area contributed by atoms with Crippen LogP contribution in [0, 0.1) is 27.7 Å². The summed E-state index contributed by atoms with van der Waals surface area (Å²) in [5.41, 5.74) is 20.5. The van der Waals surface area contributed by atoms with Gasteiger partial charge in [-0.2, -0.15) is 0 Å². The van der Waals surface area contributed by atoms with Crippen molar-refractivity contribution in [1.29, 1.82) is 0 Å². The van der Waals surface area contributed by atoms with Crippen LogP contribution in [-0.4, -0.2) is 14.1 Å². The lowest BCUT2D eigenvalue weighted by molar-refractivity contribution is 1.19. The molecule has 2 nitrogen and oxygen atoms in total. The summed E-state index contributed by atoms with van der Waals surface area (Å²) in [4.78, 5) is 4.77. The SMILES string of the molecule is Cc1cc(C)cc(-c2ccc3c(c2)N(C)c2ccc4c5c(ccc-3c25)-c2ccc(-c3cc(C)cc(C)c3)cc2N4C)c1. The third-order valence-corrected chi connectivity index (χ3v) is 9.25. The van der Waals surface area contributed by atoms with E-state index in [1.54, 1.807) is 0 Å². The Balaban J connectivity index is 1.31. The first-order valence-corrected chi connectivity index (χ1v) is 14.8. The van der Waals surface area contributed by atoms with Crippen LogP contribution in [0.3, 0.4) is 0 Å². The maximum Gasteiger partial charge on any atom is 0.0496 e. The maximum absolute atomic E-state index is 2.38. The molecule has 2 heterocycles. The summed E-state index contributed by atoms with van der Waals surface area (Å²) < 4.78 is 0. The number of hydrogen-bond acceptors (Lipinski definition) is 2. The standard InChI is InChI=1S/C40H34N2/c1-23-15-24(2)18-29(17-23)27-7-9-31-33-11-12-34-32-10-8-28(30-19-25(3)16-26(4)20-30)22-38(32)42(6)36-14-13-35(39(33)40(34)36)41(5)37(31)21-27/h7-22H,1-6H3. The highest BCUT2D eigenvalue weighted by atomic mass is 15.1. The summed E-state index contributed by atoms with van der Waals surface area (Å²) in [6, 6.07) is 36.9. The molecule has 6 aromatic carbocycles. The van der Waals surface area contributed by atoms with Crippen molar-refractivity contribution in [2.75, 3.05) is 23.9 Å². The Kier molecular flexibility index (Phi) is 5.25. The van der Waals surface area contributed by atoms with E-state index in [1.165, 1.54) is 100 Å². The average molecular weight is 543 g/mol. The fraction of sp³-hybridized carbons (Fsp3) is 0.150. The van der Waals surface area contributed by atoms with Gasteiger partial charge in [-0.05, 0) is 85.3 Å². The summed E-state index contributed by atoms with van der Waals surface area (Å²) in [5.74, 6) is 0. The molecule has 0 aliphatic carbocycles. The Labute approximate surface area is 248 Å². The third-order valence-electron chi connectivity index (χ3n) is 9.25. The van der Waals surface area contributed by atoms with Gasteiger partial charge in [0.2, 0.25) is 0 Å². The monoisotopic (exact) mass is 542 g/mol. The van der Waals surface area contributed by atoms with Gasteiger partial charge in [-0.3, -0.25) is 0 Å². The van der Waals surface area contributed by atoms with Crippen molar-refractivity contribution in [2.45, 2.75) is 27.7 Å². The Hall–Kier alpha value is -4.82. The zero-order chi connectivity index (χ0) is 28.9. The maximum atomic E-state index is 2.38. The van der Waals surface area contributed by atoms with Gasteiger partial charge in [0, 0.05) is 58.7 Å². The van der Waals surface area contributed by atoms with Crippen LogP contribution in [0.1, 0.15) is 22.3 Å². The van der Waals surface area contributed by atoms with Crippen LogP contribution in [0.2, 0.25) is 0 Å². The Morgan fingerprint density at radius 2 is 0.690 bits per heavy atom. The van der Waals surface area contributed by atoms with E-state index in [0.717, 1.165) is 0 Å². The fourth-order valence-corrected chi connectivity index (χ4v) is 7.44. The number of anilines is 4. The van der Waals surface area contributed by atoms with Crippen LogP contribution < -0.4 is 9.80 Å². The molecule has 0 spiro atoms. The number of rotatable bonds is 2. The molecule has 0 radical (unpaired) electrons. The van der Waals surface area contributed by atoms with Gasteiger partial charge < -0.3 is 9.80 Å². The number of fused-ring (bicyclic) bond motifs is 4. The lowest BCUT2D eigenvalue weighted by Crippen LogP contribution is -2.19. The van der Waals surface area contributed by atoms with Crippen molar-refractivity contribution in [3.8, 4) is 44.5 Å². The molecule has 0 fully saturated rings. The molecule has 0 amide bonds. The van der Waals surface area contributed by atoms with Gasteiger partial charge >= 0.3 is 0 Å². The summed E-state index contributed by atoms with van der Waals surface area (Å²) in [5, 5.41) is 2.69. The van der Waals surface area contributed by atoms with E-state index in [0.29, 0.717) is 0 Å². The topological polar surface area (TPSA) is 6.48 Å². The van der Waals surface area contributed by atoms with E-state index in [-0.39, 0.29) is 0 Å². The number of benzene rings is 6. The van der Waals surface area contributed by atoms with E-state index in [2.05, 4.69) is 149 Å². The van der Waals surface area contributed by atoms with Crippen molar-refractivity contribution in [3.05, 3.63) is 119 Å². The minimum atomic E-state index is 1.25. The van der Waals surface area contributed by atoms with E-state index >= 15 is 0 Å². The second-order valence-electron chi connectivity index (χ2n) is 12.3. The molecule has 0 aromatic heterocycles. The highest BCUT2D eigenvalue weighted by Crippen LogP contribution is 2.55. The number of hydrogen-bond donors (Lipinski definition) is 0. The van der Waals surface area contributed by atoms with Gasteiger partial charge in [0.15, 0.2) is 0 Å². The highest BCUT2D eigenvalue weighted by Gasteiger charge is 2.30. The Bertz CT molecular complexity index is 1920. The molecule has 2 aliphatic heterocycles. The van der Waals surface area contributed by atoms with E-state index in [9.17, 15) is 0 Å². The van der Waals surface area contributed by atoms with Crippen LogP contribution in [0.5, 0.6) is 0 Å². The second kappa shape index (κ2) is 8.84. The second-order valence-corrected chi connectivity index (χ2v) is 12.3. The molecule has 2 aliphatic rings. The molecule has 0 N–H and O–H groups in total. The van der Waals surface area contributed by atoms with E-state index in [4.69, 9.17) is 0 Å². The highest BCUT2D eigenvalue weighted by molar-refractivity contribution is 6.22. The number of nitrogens with zero attached hydrogens (tertiary/aromatic N) is 2. The van der Waals surface area contributed by atoms with Crippen LogP contribution >= 0.6 is 0 Å². The first kappa shape index (κ1) is 24.9. The van der Waals surface area contributed by atoms with Gasteiger partial charge in [-0.15, -0.1) is 0 Å². The summed E-state index contributed by atoms with van der Waals surface area (Å²) in [6.07, 6.45) is 0. The van der Waals surface area contributed by atoms with Gasteiger partial charge in [0.05, 0.1) is 0 Å². The predicted molar refractivity (Wildman–Crippen MR) is 181 cm³/mol. The van der Waals surface area contributed by atoms with E-state index < -0.39 is 0 Å². The van der Waals surface area contributed by atoms with Gasteiger partial charge in [-0.25, -0.2) is 0 Å². The molecule has 0 saturated heterocycles. The summed E-state index contributed by atoms with van der Waals surface area (Å²) >= 11 is 0. The van der Waals surface area contributed by atoms with Crippen molar-refractivity contribution < 1.29 is 0 Å². The molecule has 0 saturated carbocycles. The normalized spacial score (nSPS) is 12.9. The molecular weight excluding hydrogens is 508 g/mol. The summed E-state index contributed by atoms with van der Waals surface area (Å²) in [6.45, 7) is 8.71. The lowest BCUT2D eigenvalue weighted by atomic mass is 9.83. The molecule has 8 rings (SSSR count). The zero-order valence-corrected chi connectivity index (χ0v) is 25.1. The quantitative estimate of drug-likeness (QED) is 0.215. The van der Waals surface area contributed by atoms with Crippen LogP contribution in [0.4, 0.5) is 22.7 Å². The Morgan fingerprint density at radius 1 is 0.333 bits per heavy atom. The van der Waals surface area contributed by atoms with Gasteiger partial charge in [0.25, 0.3) is 0 Å². The van der Waals surface area contributed by atoms with Gasteiger partial charge in [0.1, 0.15) is 0 Å². The molecule has 0 unspecified atom stereocenters. The van der Waals surface area contributed by atoms with Crippen molar-refractivity contribution >= 4 is 33.5 Å². The molecule has 6 aromatic rings. The molecular formula is C40H34N2. The lowest BCUT2D eigenvalue weighted by Gasteiger charge is -2.36. The predicted octanol–water partition coefficient (Wildman–Crippen LogP) is 10.9.